The summed E-state index contributed by atoms with van der Waals surface area (Å²) in [5.74, 6) is -1.58. The van der Waals surface area contributed by atoms with E-state index in [1.807, 2.05) is 12.1 Å². The molecule has 0 radical (unpaired) electrons. The van der Waals surface area contributed by atoms with Gasteiger partial charge in [-0.1, -0.05) is 47.8 Å². The standard InChI is InChI=1S/C22H21BrN4O2/c1-2-3-14-8-9-22-17(10-14)21(13-26,19(27)29-22)20(11-24,12-25)18(28-22)15-4-6-16(23)7-5-15/h4-7,14,17-18,27H,2-3,8-10H2,1H3. The second-order valence-corrected chi connectivity index (χ2v) is 9.14. The molecule has 7 heteroatoms. The quantitative estimate of drug-likeness (QED) is 0.693. The first-order chi connectivity index (χ1) is 13.9. The molecule has 1 aliphatic carbocycles. The van der Waals surface area contributed by atoms with Crippen LogP contribution in [-0.4, -0.2) is 11.7 Å². The lowest BCUT2D eigenvalue weighted by Crippen LogP contribution is -2.61. The van der Waals surface area contributed by atoms with Gasteiger partial charge in [0.25, 0.3) is 0 Å². The highest BCUT2D eigenvalue weighted by Crippen LogP contribution is 2.70. The third-order valence-electron chi connectivity index (χ3n) is 6.89. The van der Waals surface area contributed by atoms with E-state index in [-0.39, 0.29) is 5.90 Å². The molecule has 148 valence electrons. The Labute approximate surface area is 178 Å². The maximum absolute atomic E-state index is 10.4. The average molecular weight is 453 g/mol. The molecule has 4 rings (SSSR count). The lowest BCUT2D eigenvalue weighted by atomic mass is 9.50. The van der Waals surface area contributed by atoms with Gasteiger partial charge in [-0.05, 0) is 36.5 Å². The van der Waals surface area contributed by atoms with Crippen LogP contribution in [0.4, 0.5) is 0 Å². The van der Waals surface area contributed by atoms with Crippen molar-refractivity contribution in [3.63, 3.8) is 0 Å². The van der Waals surface area contributed by atoms with E-state index >= 15 is 0 Å². The summed E-state index contributed by atoms with van der Waals surface area (Å²) >= 11 is 3.40. The molecule has 1 aromatic carbocycles. The van der Waals surface area contributed by atoms with Crippen LogP contribution in [0.3, 0.4) is 0 Å². The third kappa shape index (κ3) is 2.43. The summed E-state index contributed by atoms with van der Waals surface area (Å²) in [5, 5.41) is 39.5. The minimum absolute atomic E-state index is 0.301. The Morgan fingerprint density at radius 1 is 1.17 bits per heavy atom. The second-order valence-electron chi connectivity index (χ2n) is 8.23. The first-order valence-corrected chi connectivity index (χ1v) is 10.7. The van der Waals surface area contributed by atoms with Crippen molar-refractivity contribution in [1.29, 1.82) is 21.2 Å². The summed E-state index contributed by atoms with van der Waals surface area (Å²) < 4.78 is 13.3. The highest BCUT2D eigenvalue weighted by molar-refractivity contribution is 9.10. The SMILES string of the molecule is CCCC1CCC23OC(=N)C(C#N)(C2C1)C(C#N)(C#N)C(c1ccc(Br)cc1)O3. The Morgan fingerprint density at radius 2 is 1.86 bits per heavy atom. The van der Waals surface area contributed by atoms with Gasteiger partial charge in [0.05, 0.1) is 24.1 Å². The van der Waals surface area contributed by atoms with E-state index in [1.54, 1.807) is 12.1 Å². The summed E-state index contributed by atoms with van der Waals surface area (Å²) in [6, 6.07) is 13.7. The van der Waals surface area contributed by atoms with E-state index in [9.17, 15) is 15.8 Å². The van der Waals surface area contributed by atoms with Crippen LogP contribution in [0.5, 0.6) is 0 Å². The predicted molar refractivity (Wildman–Crippen MR) is 107 cm³/mol. The van der Waals surface area contributed by atoms with E-state index < -0.39 is 28.6 Å². The van der Waals surface area contributed by atoms with Crippen LogP contribution in [0.2, 0.25) is 0 Å². The Kier molecular flexibility index (Phi) is 4.69. The molecule has 3 fully saturated rings. The molecule has 5 unspecified atom stereocenters. The highest BCUT2D eigenvalue weighted by atomic mass is 79.9. The molecule has 1 N–H and O–H groups in total. The number of nitrogens with zero attached hydrogens (tertiary/aromatic N) is 3. The van der Waals surface area contributed by atoms with Gasteiger partial charge in [0.1, 0.15) is 6.10 Å². The van der Waals surface area contributed by atoms with E-state index in [0.29, 0.717) is 24.3 Å². The van der Waals surface area contributed by atoms with Gasteiger partial charge in [-0.2, -0.15) is 15.8 Å². The number of halogens is 1. The Bertz CT molecular complexity index is 959. The fraction of sp³-hybridized carbons (Fsp3) is 0.545. The van der Waals surface area contributed by atoms with Gasteiger partial charge in [-0.3, -0.25) is 5.41 Å². The largest absolute Gasteiger partial charge is 0.447 e. The van der Waals surface area contributed by atoms with Crippen molar-refractivity contribution < 1.29 is 9.47 Å². The monoisotopic (exact) mass is 452 g/mol. The van der Waals surface area contributed by atoms with E-state index in [1.165, 1.54) is 0 Å². The van der Waals surface area contributed by atoms with Crippen molar-refractivity contribution >= 4 is 21.8 Å². The van der Waals surface area contributed by atoms with Gasteiger partial charge in [-0.15, -0.1) is 0 Å². The Balaban J connectivity index is 1.92. The molecule has 6 nitrogen and oxygen atoms in total. The number of ether oxygens (including phenoxy) is 2. The lowest BCUT2D eigenvalue weighted by Gasteiger charge is -2.52. The number of benzene rings is 1. The molecule has 2 bridgehead atoms. The zero-order valence-electron chi connectivity index (χ0n) is 16.1. The molecule has 0 amide bonds. The molecule has 2 aliphatic heterocycles. The summed E-state index contributed by atoms with van der Waals surface area (Å²) in [7, 11) is 0. The van der Waals surface area contributed by atoms with Crippen molar-refractivity contribution in [2.45, 2.75) is 50.9 Å². The maximum Gasteiger partial charge on any atom is 0.217 e. The summed E-state index contributed by atoms with van der Waals surface area (Å²) in [6.07, 6.45) is 3.08. The molecule has 1 aromatic rings. The van der Waals surface area contributed by atoms with Gasteiger partial charge >= 0.3 is 0 Å². The van der Waals surface area contributed by atoms with Crippen LogP contribution in [0.25, 0.3) is 0 Å². The molecule has 2 heterocycles. The van der Waals surface area contributed by atoms with Crippen LogP contribution in [0, 0.1) is 62.1 Å². The molecule has 1 saturated carbocycles. The first kappa shape index (κ1) is 19.9. The summed E-state index contributed by atoms with van der Waals surface area (Å²) in [6.45, 7) is 2.12. The van der Waals surface area contributed by atoms with Gasteiger partial charge in [-0.25, -0.2) is 0 Å². The first-order valence-electron chi connectivity index (χ1n) is 9.88. The van der Waals surface area contributed by atoms with E-state index in [4.69, 9.17) is 14.9 Å². The summed E-state index contributed by atoms with van der Waals surface area (Å²) in [5.41, 5.74) is -2.90. The van der Waals surface area contributed by atoms with Crippen molar-refractivity contribution in [3.05, 3.63) is 34.3 Å². The van der Waals surface area contributed by atoms with E-state index in [2.05, 4.69) is 41.1 Å². The highest BCUT2D eigenvalue weighted by Gasteiger charge is 2.80. The smallest absolute Gasteiger partial charge is 0.217 e. The predicted octanol–water partition coefficient (Wildman–Crippen LogP) is 4.98. The van der Waals surface area contributed by atoms with Crippen LogP contribution in [0.15, 0.2) is 28.7 Å². The Morgan fingerprint density at radius 3 is 2.45 bits per heavy atom. The zero-order valence-corrected chi connectivity index (χ0v) is 17.7. The lowest BCUT2D eigenvalue weighted by molar-refractivity contribution is -0.299. The molecule has 0 spiro atoms. The molecular formula is C22H21BrN4O2. The fourth-order valence-electron chi connectivity index (χ4n) is 5.53. The summed E-state index contributed by atoms with van der Waals surface area (Å²) in [4.78, 5) is 0. The van der Waals surface area contributed by atoms with Crippen molar-refractivity contribution in [2.24, 2.45) is 22.7 Å². The molecule has 0 aromatic heterocycles. The number of hydrogen-bond acceptors (Lipinski definition) is 6. The van der Waals surface area contributed by atoms with Crippen molar-refractivity contribution in [2.75, 3.05) is 0 Å². The van der Waals surface area contributed by atoms with E-state index in [0.717, 1.165) is 23.7 Å². The molecule has 29 heavy (non-hydrogen) atoms. The molecule has 5 atom stereocenters. The molecule has 2 saturated heterocycles. The minimum atomic E-state index is -1.87. The normalized spacial score (nSPS) is 36.8. The number of hydrogen-bond donors (Lipinski definition) is 1. The number of rotatable bonds is 3. The van der Waals surface area contributed by atoms with Crippen molar-refractivity contribution in [3.8, 4) is 18.2 Å². The second kappa shape index (κ2) is 6.84. The fourth-order valence-corrected chi connectivity index (χ4v) is 5.79. The number of nitrogens with one attached hydrogen (secondary N) is 1. The molecular weight excluding hydrogens is 432 g/mol. The average Bonchev–Trinajstić information content (AvgIpc) is 2.93. The van der Waals surface area contributed by atoms with Gasteiger partial charge in [0, 0.05) is 10.9 Å². The maximum atomic E-state index is 10.4. The van der Waals surface area contributed by atoms with Gasteiger partial charge < -0.3 is 9.47 Å². The van der Waals surface area contributed by atoms with Crippen LogP contribution in [-0.2, 0) is 9.47 Å². The topological polar surface area (TPSA) is 114 Å². The Hall–Kier alpha value is -2.40. The van der Waals surface area contributed by atoms with Gasteiger partial charge in [0.15, 0.2) is 5.41 Å². The minimum Gasteiger partial charge on any atom is -0.447 e. The third-order valence-corrected chi connectivity index (χ3v) is 7.42. The molecule has 3 aliphatic rings. The van der Waals surface area contributed by atoms with Crippen LogP contribution >= 0.6 is 15.9 Å². The zero-order chi connectivity index (χ0) is 20.9. The van der Waals surface area contributed by atoms with Crippen molar-refractivity contribution in [1.82, 2.24) is 0 Å². The number of nitriles is 3. The van der Waals surface area contributed by atoms with Crippen LogP contribution in [0.1, 0.15) is 50.7 Å². The van der Waals surface area contributed by atoms with Gasteiger partial charge in [0.2, 0.25) is 17.1 Å². The van der Waals surface area contributed by atoms with Crippen LogP contribution < -0.4 is 0 Å².